The van der Waals surface area contributed by atoms with Crippen LogP contribution in [0.5, 0.6) is 5.75 Å². The van der Waals surface area contributed by atoms with Crippen LogP contribution in [-0.4, -0.2) is 56.3 Å². The number of rotatable bonds is 5. The van der Waals surface area contributed by atoms with Gasteiger partial charge in [0.25, 0.3) is 5.91 Å². The van der Waals surface area contributed by atoms with Crippen LogP contribution in [0.1, 0.15) is 16.1 Å². The summed E-state index contributed by atoms with van der Waals surface area (Å²) in [4.78, 5) is 31.7. The van der Waals surface area contributed by atoms with Gasteiger partial charge in [-0.05, 0) is 41.8 Å². The second kappa shape index (κ2) is 8.75. The molecule has 0 aliphatic carbocycles. The van der Waals surface area contributed by atoms with Gasteiger partial charge >= 0.3 is 0 Å². The lowest BCUT2D eigenvalue weighted by atomic mass is 10.1. The second-order valence-corrected chi connectivity index (χ2v) is 9.03. The summed E-state index contributed by atoms with van der Waals surface area (Å²) in [5, 5.41) is 3.11. The van der Waals surface area contributed by atoms with Crippen molar-refractivity contribution in [2.24, 2.45) is 0 Å². The monoisotopic (exact) mass is 470 g/mol. The summed E-state index contributed by atoms with van der Waals surface area (Å²) in [6, 6.07) is 15.3. The van der Waals surface area contributed by atoms with Crippen molar-refractivity contribution in [3.63, 3.8) is 0 Å². The molecule has 34 heavy (non-hydrogen) atoms. The number of fused-ring (bicyclic) bond motifs is 2. The van der Waals surface area contributed by atoms with Gasteiger partial charge in [-0.1, -0.05) is 12.1 Å². The van der Waals surface area contributed by atoms with Crippen molar-refractivity contribution in [1.82, 2.24) is 24.3 Å². The molecule has 9 heteroatoms. The number of amides is 1. The average molecular weight is 471 g/mol. The Morgan fingerprint density at radius 3 is 2.82 bits per heavy atom. The molecule has 0 atom stereocenters. The largest absolute Gasteiger partial charge is 0.487 e. The zero-order chi connectivity index (χ0) is 22.9. The zero-order valence-electron chi connectivity index (χ0n) is 18.4. The van der Waals surface area contributed by atoms with Gasteiger partial charge < -0.3 is 18.9 Å². The highest BCUT2D eigenvalue weighted by atomic mass is 32.1. The van der Waals surface area contributed by atoms with E-state index in [-0.39, 0.29) is 5.91 Å². The highest BCUT2D eigenvalue weighted by Crippen LogP contribution is 2.27. The normalized spacial score (nSPS) is 14.1. The van der Waals surface area contributed by atoms with Gasteiger partial charge in [-0.15, -0.1) is 11.3 Å². The van der Waals surface area contributed by atoms with Crippen molar-refractivity contribution in [3.05, 3.63) is 83.9 Å². The summed E-state index contributed by atoms with van der Waals surface area (Å²) in [5.74, 6) is 1.62. The van der Waals surface area contributed by atoms with Crippen molar-refractivity contribution in [2.45, 2.75) is 6.61 Å². The van der Waals surface area contributed by atoms with Crippen LogP contribution in [0.3, 0.4) is 0 Å². The number of thiophene rings is 1. The van der Waals surface area contributed by atoms with Gasteiger partial charge in [0, 0.05) is 44.1 Å². The molecule has 1 aliphatic rings. The molecule has 0 spiro atoms. The van der Waals surface area contributed by atoms with E-state index in [0.29, 0.717) is 31.0 Å². The molecule has 0 N–H and O–H groups in total. The topological polar surface area (TPSA) is 75.9 Å². The lowest BCUT2D eigenvalue weighted by molar-refractivity contribution is 0.0746. The van der Waals surface area contributed by atoms with Crippen molar-refractivity contribution in [2.75, 3.05) is 31.1 Å². The van der Waals surface area contributed by atoms with Gasteiger partial charge in [-0.25, -0.2) is 15.0 Å². The number of carbonyl (C=O) groups excluding carboxylic acids is 1. The minimum Gasteiger partial charge on any atom is -0.487 e. The number of anilines is 1. The smallest absolute Gasteiger partial charge is 0.254 e. The molecule has 8 nitrogen and oxygen atoms in total. The van der Waals surface area contributed by atoms with Crippen LogP contribution in [0.15, 0.2) is 72.6 Å². The molecular formula is C25H22N6O2S. The predicted molar refractivity (Wildman–Crippen MR) is 131 cm³/mol. The first-order valence-corrected chi connectivity index (χ1v) is 12.0. The fraction of sp³-hybridized carbons (Fsp3) is 0.200. The molecule has 5 heterocycles. The van der Waals surface area contributed by atoms with Gasteiger partial charge in [0.15, 0.2) is 0 Å². The molecular weight excluding hydrogens is 448 g/mol. The molecule has 6 rings (SSSR count). The third-order valence-corrected chi connectivity index (χ3v) is 6.81. The van der Waals surface area contributed by atoms with Crippen LogP contribution >= 0.6 is 11.3 Å². The summed E-state index contributed by atoms with van der Waals surface area (Å²) in [5.41, 5.74) is 2.34. The molecule has 1 amide bonds. The molecule has 1 saturated heterocycles. The number of carbonyl (C=O) groups is 1. The predicted octanol–water partition coefficient (Wildman–Crippen LogP) is 3.88. The van der Waals surface area contributed by atoms with E-state index >= 15 is 0 Å². The summed E-state index contributed by atoms with van der Waals surface area (Å²) < 4.78 is 7.90. The first kappa shape index (κ1) is 20.6. The minimum absolute atomic E-state index is 0.0150. The van der Waals surface area contributed by atoms with E-state index in [1.54, 1.807) is 17.7 Å². The fourth-order valence-electron chi connectivity index (χ4n) is 4.27. The molecule has 1 aromatic carbocycles. The molecule has 4 aromatic heterocycles. The first-order valence-electron chi connectivity index (χ1n) is 11.1. The minimum atomic E-state index is 0.0150. The van der Waals surface area contributed by atoms with Gasteiger partial charge in [-0.2, -0.15) is 0 Å². The zero-order valence-corrected chi connectivity index (χ0v) is 19.2. The van der Waals surface area contributed by atoms with Crippen LogP contribution in [0.25, 0.3) is 15.9 Å². The quantitative estimate of drug-likeness (QED) is 0.388. The Labute approximate surface area is 200 Å². The number of ether oxygens (including phenoxy) is 1. The maximum atomic E-state index is 13.2. The Morgan fingerprint density at radius 2 is 1.94 bits per heavy atom. The molecule has 0 radical (unpaired) electrons. The van der Waals surface area contributed by atoms with E-state index in [1.165, 1.54) is 0 Å². The number of benzene rings is 1. The maximum absolute atomic E-state index is 13.2. The lowest BCUT2D eigenvalue weighted by Crippen LogP contribution is -2.49. The molecule has 1 aliphatic heterocycles. The van der Waals surface area contributed by atoms with E-state index in [0.717, 1.165) is 40.5 Å². The highest BCUT2D eigenvalue weighted by molar-refractivity contribution is 7.16. The van der Waals surface area contributed by atoms with E-state index in [9.17, 15) is 4.79 Å². The van der Waals surface area contributed by atoms with E-state index in [4.69, 9.17) is 4.74 Å². The Morgan fingerprint density at radius 1 is 1.03 bits per heavy atom. The fourth-order valence-corrected chi connectivity index (χ4v) is 4.99. The van der Waals surface area contributed by atoms with Gasteiger partial charge in [0.2, 0.25) is 0 Å². The second-order valence-electron chi connectivity index (χ2n) is 8.13. The van der Waals surface area contributed by atoms with E-state index in [2.05, 4.69) is 25.9 Å². The number of nitrogens with zero attached hydrogens (tertiary/aromatic N) is 6. The molecule has 5 aromatic rings. The Hall–Kier alpha value is -3.98. The third-order valence-electron chi connectivity index (χ3n) is 5.99. The van der Waals surface area contributed by atoms with Crippen LogP contribution in [0.4, 0.5) is 5.82 Å². The number of imidazole rings is 1. The molecule has 0 unspecified atom stereocenters. The lowest BCUT2D eigenvalue weighted by Gasteiger charge is -2.35. The maximum Gasteiger partial charge on any atom is 0.254 e. The van der Waals surface area contributed by atoms with E-state index in [1.807, 2.05) is 69.5 Å². The molecule has 0 saturated carbocycles. The summed E-state index contributed by atoms with van der Waals surface area (Å²) in [7, 11) is 0. The number of piperazine rings is 1. The first-order chi connectivity index (χ1) is 16.7. The Kier molecular flexibility index (Phi) is 5.31. The Balaban J connectivity index is 1.10. The number of hydrogen-bond acceptors (Lipinski definition) is 7. The molecule has 1 fully saturated rings. The summed E-state index contributed by atoms with van der Waals surface area (Å²) in [6.45, 7) is 3.09. The average Bonchev–Trinajstić information content (AvgIpc) is 3.54. The van der Waals surface area contributed by atoms with Crippen molar-refractivity contribution in [1.29, 1.82) is 0 Å². The van der Waals surface area contributed by atoms with Crippen LogP contribution < -0.4 is 9.64 Å². The number of aromatic nitrogens is 4. The van der Waals surface area contributed by atoms with Crippen LogP contribution in [-0.2, 0) is 6.61 Å². The summed E-state index contributed by atoms with van der Waals surface area (Å²) in [6.07, 6.45) is 5.52. The number of hydrogen-bond donors (Lipinski definition) is 0. The number of pyridine rings is 1. The van der Waals surface area contributed by atoms with Crippen molar-refractivity contribution in [3.8, 4) is 5.75 Å². The van der Waals surface area contributed by atoms with Gasteiger partial charge in [0.1, 0.15) is 35.0 Å². The van der Waals surface area contributed by atoms with Gasteiger partial charge in [-0.3, -0.25) is 4.79 Å². The molecule has 0 bridgehead atoms. The summed E-state index contributed by atoms with van der Waals surface area (Å²) >= 11 is 1.61. The van der Waals surface area contributed by atoms with Crippen molar-refractivity contribution >= 4 is 38.9 Å². The van der Waals surface area contributed by atoms with Gasteiger partial charge in [0.05, 0.1) is 11.1 Å². The highest BCUT2D eigenvalue weighted by Gasteiger charge is 2.24. The molecule has 170 valence electrons. The standard InChI is InChI=1S/C25H22N6O2S/c32-25(30-11-9-29(10-12-30)23-21-7-13-34-24(21)27-17-26-23)18-4-3-5-20(14-18)33-16-19-15-31-8-2-1-6-22(31)28-19/h1-8,13-15,17H,9-12,16H2. The SMILES string of the molecule is O=C(c1cccc(OCc2cn3ccccc3n2)c1)N1CCN(c2ncnc3sccc23)CC1. The Bertz CT molecular complexity index is 1440. The third kappa shape index (κ3) is 3.94. The van der Waals surface area contributed by atoms with Crippen LogP contribution in [0.2, 0.25) is 0 Å². The van der Waals surface area contributed by atoms with Crippen molar-refractivity contribution < 1.29 is 9.53 Å². The van der Waals surface area contributed by atoms with E-state index < -0.39 is 0 Å². The van der Waals surface area contributed by atoms with Crippen LogP contribution in [0, 0.1) is 0 Å².